The first-order valence-corrected chi connectivity index (χ1v) is 7.67. The van der Waals surface area contributed by atoms with Gasteiger partial charge in [0.1, 0.15) is 5.75 Å². The van der Waals surface area contributed by atoms with E-state index in [0.717, 1.165) is 24.2 Å². The Balaban J connectivity index is 1.55. The summed E-state index contributed by atoms with van der Waals surface area (Å²) in [6.07, 6.45) is 3.11. The van der Waals surface area contributed by atoms with Crippen LogP contribution in [0.25, 0.3) is 0 Å². The van der Waals surface area contributed by atoms with Gasteiger partial charge >= 0.3 is 0 Å². The van der Waals surface area contributed by atoms with Gasteiger partial charge in [-0.15, -0.1) is 0 Å². The number of nitrogens with one attached hydrogen (secondary N) is 2. The summed E-state index contributed by atoms with van der Waals surface area (Å²) in [6, 6.07) is 6.69. The van der Waals surface area contributed by atoms with Gasteiger partial charge in [0.2, 0.25) is 5.91 Å². The maximum atomic E-state index is 13.1. The number of carbonyl (C=O) groups is 1. The minimum atomic E-state index is -2.80. The number of para-hydroxylation sites is 1. The van der Waals surface area contributed by atoms with Crippen molar-refractivity contribution in [2.45, 2.75) is 50.3 Å². The molecule has 6 heteroatoms. The van der Waals surface area contributed by atoms with Crippen LogP contribution in [0.15, 0.2) is 24.3 Å². The van der Waals surface area contributed by atoms with Gasteiger partial charge in [0.15, 0.2) is 0 Å². The molecule has 0 radical (unpaired) electrons. The van der Waals surface area contributed by atoms with Crippen molar-refractivity contribution in [3.8, 4) is 5.75 Å². The number of halogens is 2. The molecule has 1 amide bonds. The Bertz CT molecular complexity index is 547. The maximum absolute atomic E-state index is 13.1. The van der Waals surface area contributed by atoms with Crippen molar-refractivity contribution in [2.75, 3.05) is 6.54 Å². The highest BCUT2D eigenvalue weighted by Crippen LogP contribution is 2.28. The van der Waals surface area contributed by atoms with Crippen LogP contribution in [0.5, 0.6) is 5.75 Å². The quantitative estimate of drug-likeness (QED) is 0.877. The first-order valence-electron chi connectivity index (χ1n) is 7.67. The standard InChI is InChI=1S/C16H20F2N2O2/c17-16(18)8-13(20-10-16)15(21)19-9-11-4-1-2-7-14(11)22-12-5-3-6-12/h1-2,4,7,12-13,20H,3,5-6,8-10H2,(H,19,21). The van der Waals surface area contributed by atoms with Crippen LogP contribution >= 0.6 is 0 Å². The van der Waals surface area contributed by atoms with Crippen molar-refractivity contribution in [3.63, 3.8) is 0 Å². The number of carbonyl (C=O) groups excluding carboxylic acids is 1. The number of hydrogen-bond donors (Lipinski definition) is 2. The zero-order valence-corrected chi connectivity index (χ0v) is 12.3. The second kappa shape index (κ2) is 6.20. The molecule has 1 aliphatic heterocycles. The second-order valence-corrected chi connectivity index (χ2v) is 5.99. The van der Waals surface area contributed by atoms with Gasteiger partial charge in [0.05, 0.1) is 18.7 Å². The van der Waals surface area contributed by atoms with E-state index < -0.39 is 30.8 Å². The molecule has 3 rings (SSSR count). The van der Waals surface area contributed by atoms with Crippen molar-refractivity contribution < 1.29 is 18.3 Å². The third kappa shape index (κ3) is 3.55. The summed E-state index contributed by atoms with van der Waals surface area (Å²) < 4.78 is 32.1. The van der Waals surface area contributed by atoms with E-state index in [4.69, 9.17) is 4.74 Å². The molecule has 0 bridgehead atoms. The van der Waals surface area contributed by atoms with Crippen LogP contribution in [-0.2, 0) is 11.3 Å². The monoisotopic (exact) mass is 310 g/mol. The summed E-state index contributed by atoms with van der Waals surface area (Å²) in [6.45, 7) is -0.155. The molecule has 1 heterocycles. The molecule has 0 aromatic heterocycles. The van der Waals surface area contributed by atoms with E-state index in [0.29, 0.717) is 0 Å². The van der Waals surface area contributed by atoms with Crippen LogP contribution in [0.3, 0.4) is 0 Å². The Morgan fingerprint density at radius 3 is 2.77 bits per heavy atom. The number of alkyl halides is 2. The van der Waals surface area contributed by atoms with Crippen molar-refractivity contribution in [3.05, 3.63) is 29.8 Å². The lowest BCUT2D eigenvalue weighted by Crippen LogP contribution is -2.40. The maximum Gasteiger partial charge on any atom is 0.262 e. The van der Waals surface area contributed by atoms with E-state index in [1.165, 1.54) is 6.42 Å². The van der Waals surface area contributed by atoms with Gasteiger partial charge in [0.25, 0.3) is 5.92 Å². The molecule has 1 aromatic rings. The Hall–Kier alpha value is -1.69. The highest BCUT2D eigenvalue weighted by Gasteiger charge is 2.42. The molecular formula is C16H20F2N2O2. The molecule has 1 aromatic carbocycles. The average molecular weight is 310 g/mol. The van der Waals surface area contributed by atoms with Gasteiger partial charge < -0.3 is 10.1 Å². The lowest BCUT2D eigenvalue weighted by molar-refractivity contribution is -0.123. The fraction of sp³-hybridized carbons (Fsp3) is 0.562. The van der Waals surface area contributed by atoms with Crippen molar-refractivity contribution in [2.24, 2.45) is 0 Å². The number of benzene rings is 1. The predicted molar refractivity (Wildman–Crippen MR) is 77.9 cm³/mol. The summed E-state index contributed by atoms with van der Waals surface area (Å²) in [4.78, 5) is 12.0. The molecule has 1 aliphatic carbocycles. The molecule has 2 fully saturated rings. The van der Waals surface area contributed by atoms with E-state index in [9.17, 15) is 13.6 Å². The number of amides is 1. The van der Waals surface area contributed by atoms with Gasteiger partial charge in [-0.05, 0) is 25.3 Å². The summed E-state index contributed by atoms with van der Waals surface area (Å²) >= 11 is 0. The van der Waals surface area contributed by atoms with Crippen LogP contribution in [-0.4, -0.2) is 30.5 Å². The van der Waals surface area contributed by atoms with E-state index in [2.05, 4.69) is 10.6 Å². The third-order valence-electron chi connectivity index (χ3n) is 4.20. The van der Waals surface area contributed by atoms with Crippen molar-refractivity contribution >= 4 is 5.91 Å². The largest absolute Gasteiger partial charge is 0.490 e. The van der Waals surface area contributed by atoms with Crippen LogP contribution in [0.4, 0.5) is 8.78 Å². The molecule has 22 heavy (non-hydrogen) atoms. The second-order valence-electron chi connectivity index (χ2n) is 5.99. The first-order chi connectivity index (χ1) is 10.5. The van der Waals surface area contributed by atoms with Gasteiger partial charge in [-0.2, -0.15) is 0 Å². The summed E-state index contributed by atoms with van der Waals surface area (Å²) in [5.74, 6) is -2.43. The van der Waals surface area contributed by atoms with E-state index in [1.54, 1.807) is 0 Å². The summed E-state index contributed by atoms with van der Waals surface area (Å²) in [5, 5.41) is 5.27. The number of rotatable bonds is 5. The van der Waals surface area contributed by atoms with Crippen LogP contribution < -0.4 is 15.4 Å². The van der Waals surface area contributed by atoms with Gasteiger partial charge in [-0.25, -0.2) is 8.78 Å². The first kappa shape index (κ1) is 15.2. The van der Waals surface area contributed by atoms with Gasteiger partial charge in [-0.3, -0.25) is 10.1 Å². The minimum Gasteiger partial charge on any atom is -0.490 e. The smallest absolute Gasteiger partial charge is 0.262 e. The fourth-order valence-electron chi connectivity index (χ4n) is 2.64. The average Bonchev–Trinajstić information content (AvgIpc) is 2.81. The lowest BCUT2D eigenvalue weighted by Gasteiger charge is -2.27. The molecule has 2 aliphatic rings. The van der Waals surface area contributed by atoms with Gasteiger partial charge in [-0.1, -0.05) is 18.2 Å². The normalized spacial score (nSPS) is 23.8. The van der Waals surface area contributed by atoms with E-state index in [-0.39, 0.29) is 12.6 Å². The Labute approximate surface area is 128 Å². The number of hydrogen-bond acceptors (Lipinski definition) is 3. The highest BCUT2D eigenvalue weighted by molar-refractivity contribution is 5.82. The Morgan fingerprint density at radius 1 is 1.36 bits per heavy atom. The number of ether oxygens (including phenoxy) is 1. The van der Waals surface area contributed by atoms with Crippen molar-refractivity contribution in [1.82, 2.24) is 10.6 Å². The molecular weight excluding hydrogens is 290 g/mol. The highest BCUT2D eigenvalue weighted by atomic mass is 19.3. The molecule has 1 unspecified atom stereocenters. The lowest BCUT2D eigenvalue weighted by atomic mass is 9.96. The molecule has 1 saturated carbocycles. The third-order valence-corrected chi connectivity index (χ3v) is 4.20. The van der Waals surface area contributed by atoms with Crippen LogP contribution in [0.2, 0.25) is 0 Å². The fourth-order valence-corrected chi connectivity index (χ4v) is 2.64. The molecule has 1 atom stereocenters. The van der Waals surface area contributed by atoms with Crippen molar-refractivity contribution in [1.29, 1.82) is 0 Å². The van der Waals surface area contributed by atoms with Gasteiger partial charge in [0, 0.05) is 18.5 Å². The predicted octanol–water partition coefficient (Wildman–Crippen LogP) is 2.23. The molecule has 120 valence electrons. The molecule has 0 spiro atoms. The summed E-state index contributed by atoms with van der Waals surface area (Å²) in [5.41, 5.74) is 0.868. The van der Waals surface area contributed by atoms with E-state index in [1.807, 2.05) is 24.3 Å². The molecule has 1 saturated heterocycles. The SMILES string of the molecule is O=C(NCc1ccccc1OC1CCC1)C1CC(F)(F)CN1. The van der Waals surface area contributed by atoms with E-state index >= 15 is 0 Å². The minimum absolute atomic E-state index is 0.257. The molecule has 2 N–H and O–H groups in total. The Morgan fingerprint density at radius 2 is 2.14 bits per heavy atom. The zero-order valence-electron chi connectivity index (χ0n) is 12.3. The molecule has 4 nitrogen and oxygen atoms in total. The zero-order chi connectivity index (χ0) is 15.6. The summed E-state index contributed by atoms with van der Waals surface area (Å²) in [7, 11) is 0. The van der Waals surface area contributed by atoms with Crippen LogP contribution in [0, 0.1) is 0 Å². The van der Waals surface area contributed by atoms with Crippen LogP contribution in [0.1, 0.15) is 31.2 Å². The Kier molecular flexibility index (Phi) is 4.29. The topological polar surface area (TPSA) is 50.4 Å².